The number of carbonyl (C=O) groups is 2. The van der Waals surface area contributed by atoms with E-state index < -0.39 is 11.8 Å². The van der Waals surface area contributed by atoms with Crippen molar-refractivity contribution in [3.63, 3.8) is 0 Å². The van der Waals surface area contributed by atoms with Gasteiger partial charge in [-0.2, -0.15) is 5.26 Å². The highest BCUT2D eigenvalue weighted by molar-refractivity contribution is 8.03. The minimum absolute atomic E-state index is 0.0101. The van der Waals surface area contributed by atoms with Crippen LogP contribution < -0.4 is 16.4 Å². The number of amides is 2. The lowest BCUT2D eigenvalue weighted by molar-refractivity contribution is -0.115. The molecule has 7 nitrogen and oxygen atoms in total. The fourth-order valence-corrected chi connectivity index (χ4v) is 4.05. The van der Waals surface area contributed by atoms with Gasteiger partial charge in [-0.1, -0.05) is 23.4 Å². The number of rotatable bonds is 6. The summed E-state index contributed by atoms with van der Waals surface area (Å²) in [5, 5.41) is 16.9. The van der Waals surface area contributed by atoms with Gasteiger partial charge in [0.2, 0.25) is 5.91 Å². The largest absolute Gasteiger partial charge is 0.369 e. The topological polar surface area (TPSA) is 121 Å². The molecule has 0 radical (unpaired) electrons. The summed E-state index contributed by atoms with van der Waals surface area (Å²) < 4.78 is 0. The van der Waals surface area contributed by atoms with E-state index in [1.54, 1.807) is 55.7 Å². The van der Waals surface area contributed by atoms with E-state index in [1.165, 1.54) is 0 Å². The lowest BCUT2D eigenvalue weighted by Crippen LogP contribution is -2.31. The molecule has 4 N–H and O–H groups in total. The third kappa shape index (κ3) is 4.82. The predicted octanol–water partition coefficient (Wildman–Crippen LogP) is 3.29. The SMILES string of the molecule is CC1=C(C(=O)Nc2ccc(Cl)cc2)[C@H](c2ccncc2)C(C#N)=C(SCC(N)=O)N1. The zero-order valence-electron chi connectivity index (χ0n) is 16.0. The minimum atomic E-state index is -0.623. The Hall–Kier alpha value is -3.28. The van der Waals surface area contributed by atoms with Crippen molar-refractivity contribution in [3.05, 3.63) is 81.3 Å². The number of carbonyl (C=O) groups excluding carboxylic acids is 2. The second kappa shape index (κ2) is 9.48. The predicted molar refractivity (Wildman–Crippen MR) is 117 cm³/mol. The van der Waals surface area contributed by atoms with Gasteiger partial charge < -0.3 is 16.4 Å². The van der Waals surface area contributed by atoms with E-state index >= 15 is 0 Å². The normalized spacial score (nSPS) is 16.0. The maximum absolute atomic E-state index is 13.2. The van der Waals surface area contributed by atoms with Gasteiger partial charge in [-0.05, 0) is 48.9 Å². The Kier molecular flexibility index (Phi) is 6.77. The second-order valence-electron chi connectivity index (χ2n) is 6.45. The van der Waals surface area contributed by atoms with Crippen LogP contribution in [0.25, 0.3) is 0 Å². The van der Waals surface area contributed by atoms with Crippen molar-refractivity contribution in [2.24, 2.45) is 5.73 Å². The number of nitriles is 1. The molecule has 1 aliphatic rings. The molecule has 2 aromatic rings. The number of hydrogen-bond donors (Lipinski definition) is 3. The third-order valence-electron chi connectivity index (χ3n) is 4.39. The Bertz CT molecular complexity index is 1070. The summed E-state index contributed by atoms with van der Waals surface area (Å²) in [4.78, 5) is 28.5. The molecule has 0 saturated heterocycles. The fourth-order valence-electron chi connectivity index (χ4n) is 3.09. The average Bonchev–Trinajstić information content (AvgIpc) is 2.73. The molecule has 0 unspecified atom stereocenters. The molecule has 0 aliphatic carbocycles. The van der Waals surface area contributed by atoms with Crippen LogP contribution in [-0.4, -0.2) is 22.6 Å². The molecule has 2 heterocycles. The summed E-state index contributed by atoms with van der Waals surface area (Å²) >= 11 is 7.05. The van der Waals surface area contributed by atoms with Crippen molar-refractivity contribution < 1.29 is 9.59 Å². The van der Waals surface area contributed by atoms with Gasteiger partial charge in [0, 0.05) is 34.4 Å². The van der Waals surface area contributed by atoms with Gasteiger partial charge in [0.05, 0.1) is 28.3 Å². The molecule has 2 amide bonds. The van der Waals surface area contributed by atoms with Crippen molar-refractivity contribution in [1.29, 1.82) is 5.26 Å². The number of aromatic nitrogens is 1. The van der Waals surface area contributed by atoms with Crippen molar-refractivity contribution in [1.82, 2.24) is 10.3 Å². The Morgan fingerprint density at radius 1 is 1.27 bits per heavy atom. The highest BCUT2D eigenvalue weighted by Gasteiger charge is 2.34. The number of primary amides is 1. The van der Waals surface area contributed by atoms with Gasteiger partial charge in [-0.25, -0.2) is 0 Å². The number of dihydropyridines is 1. The number of nitrogens with two attached hydrogens (primary N) is 1. The number of halogens is 1. The van der Waals surface area contributed by atoms with Gasteiger partial charge in [-0.3, -0.25) is 14.6 Å². The van der Waals surface area contributed by atoms with Gasteiger partial charge >= 0.3 is 0 Å². The molecule has 0 spiro atoms. The van der Waals surface area contributed by atoms with E-state index in [1.807, 2.05) is 0 Å². The summed E-state index contributed by atoms with van der Waals surface area (Å²) in [5.74, 6) is -1.46. The molecule has 0 fully saturated rings. The zero-order chi connectivity index (χ0) is 21.7. The molecule has 0 bridgehead atoms. The standard InChI is InChI=1S/C21H18ClN5O2S/c1-12-18(20(29)27-15-4-2-14(22)3-5-15)19(13-6-8-25-9-7-13)16(10-23)21(26-12)30-11-17(24)28/h2-9,19,26H,11H2,1H3,(H2,24,28)(H,27,29)/t19-/m1/s1. The summed E-state index contributed by atoms with van der Waals surface area (Å²) in [7, 11) is 0. The minimum Gasteiger partial charge on any atom is -0.369 e. The summed E-state index contributed by atoms with van der Waals surface area (Å²) in [6.45, 7) is 1.75. The molecule has 9 heteroatoms. The van der Waals surface area contributed by atoms with Crippen LogP contribution in [0.5, 0.6) is 0 Å². The molecular weight excluding hydrogens is 422 g/mol. The first-order chi connectivity index (χ1) is 14.4. The number of benzene rings is 1. The first kappa shape index (κ1) is 21.4. The fraction of sp³-hybridized carbons (Fsp3) is 0.143. The number of anilines is 1. The van der Waals surface area contributed by atoms with E-state index in [4.69, 9.17) is 17.3 Å². The van der Waals surface area contributed by atoms with Crippen LogP contribution >= 0.6 is 23.4 Å². The third-order valence-corrected chi connectivity index (χ3v) is 5.68. The van der Waals surface area contributed by atoms with Gasteiger partial charge in [0.1, 0.15) is 0 Å². The van der Waals surface area contributed by atoms with Gasteiger partial charge in [0.15, 0.2) is 0 Å². The van der Waals surface area contributed by atoms with Crippen molar-refractivity contribution in [3.8, 4) is 6.07 Å². The van der Waals surface area contributed by atoms with Crippen LogP contribution in [0.3, 0.4) is 0 Å². The van der Waals surface area contributed by atoms with Crippen LogP contribution in [-0.2, 0) is 9.59 Å². The molecule has 1 atom stereocenters. The van der Waals surface area contributed by atoms with Gasteiger partial charge in [0.25, 0.3) is 5.91 Å². The van der Waals surface area contributed by atoms with Crippen LogP contribution in [0.1, 0.15) is 18.4 Å². The molecule has 0 saturated carbocycles. The Morgan fingerprint density at radius 3 is 2.53 bits per heavy atom. The first-order valence-corrected chi connectivity index (χ1v) is 10.3. The number of thioether (sulfide) groups is 1. The number of nitrogens with one attached hydrogen (secondary N) is 2. The Labute approximate surface area is 183 Å². The Morgan fingerprint density at radius 2 is 1.93 bits per heavy atom. The monoisotopic (exact) mass is 439 g/mol. The summed E-state index contributed by atoms with van der Waals surface area (Å²) in [6, 6.07) is 12.5. The van der Waals surface area contributed by atoms with E-state index in [0.29, 0.717) is 32.6 Å². The lowest BCUT2D eigenvalue weighted by Gasteiger charge is -2.29. The molecule has 30 heavy (non-hydrogen) atoms. The number of pyridine rings is 1. The van der Waals surface area contributed by atoms with Crippen LogP contribution in [0.2, 0.25) is 5.02 Å². The van der Waals surface area contributed by atoms with E-state index in [0.717, 1.165) is 17.3 Å². The Balaban J connectivity index is 2.03. The number of hydrogen-bond acceptors (Lipinski definition) is 6. The second-order valence-corrected chi connectivity index (χ2v) is 7.87. The van der Waals surface area contributed by atoms with Crippen molar-refractivity contribution in [2.45, 2.75) is 12.8 Å². The molecule has 1 aliphatic heterocycles. The van der Waals surface area contributed by atoms with Crippen LogP contribution in [0.4, 0.5) is 5.69 Å². The average molecular weight is 440 g/mol. The van der Waals surface area contributed by atoms with E-state index in [9.17, 15) is 14.9 Å². The molecular formula is C21H18ClN5O2S. The lowest BCUT2D eigenvalue weighted by atomic mass is 9.82. The maximum atomic E-state index is 13.2. The molecule has 1 aromatic heterocycles. The van der Waals surface area contributed by atoms with Crippen molar-refractivity contribution in [2.75, 3.05) is 11.1 Å². The molecule has 1 aromatic carbocycles. The molecule has 152 valence electrons. The highest BCUT2D eigenvalue weighted by atomic mass is 35.5. The van der Waals surface area contributed by atoms with E-state index in [2.05, 4.69) is 21.7 Å². The summed E-state index contributed by atoms with van der Waals surface area (Å²) in [5.41, 5.74) is 7.89. The number of allylic oxidation sites excluding steroid dienone is 2. The first-order valence-electron chi connectivity index (χ1n) is 8.90. The van der Waals surface area contributed by atoms with Crippen molar-refractivity contribution >= 4 is 40.9 Å². The number of nitrogens with zero attached hydrogens (tertiary/aromatic N) is 2. The zero-order valence-corrected chi connectivity index (χ0v) is 17.6. The summed E-state index contributed by atoms with van der Waals surface area (Å²) in [6.07, 6.45) is 3.21. The maximum Gasteiger partial charge on any atom is 0.254 e. The van der Waals surface area contributed by atoms with E-state index in [-0.39, 0.29) is 11.7 Å². The highest BCUT2D eigenvalue weighted by Crippen LogP contribution is 2.40. The quantitative estimate of drug-likeness (QED) is 0.635. The van der Waals surface area contributed by atoms with Gasteiger partial charge in [-0.15, -0.1) is 0 Å². The smallest absolute Gasteiger partial charge is 0.254 e. The van der Waals surface area contributed by atoms with Crippen LogP contribution in [0.15, 0.2) is 70.7 Å². The molecule has 3 rings (SSSR count). The van der Waals surface area contributed by atoms with Crippen LogP contribution in [0, 0.1) is 11.3 Å².